The van der Waals surface area contributed by atoms with Crippen molar-refractivity contribution in [2.24, 2.45) is 5.73 Å². The first-order chi connectivity index (χ1) is 10.3. The van der Waals surface area contributed by atoms with Crippen LogP contribution in [0.25, 0.3) is 0 Å². The molecule has 0 aliphatic carbocycles. The summed E-state index contributed by atoms with van der Waals surface area (Å²) in [6.45, 7) is 5.71. The van der Waals surface area contributed by atoms with Gasteiger partial charge in [-0.2, -0.15) is 0 Å². The third-order valence-corrected chi connectivity index (χ3v) is 5.12. The number of nitrogens with one attached hydrogen (secondary N) is 1. The molecule has 4 nitrogen and oxygen atoms in total. The van der Waals surface area contributed by atoms with Gasteiger partial charge in [-0.3, -0.25) is 4.79 Å². The highest BCUT2D eigenvalue weighted by molar-refractivity contribution is 9.10. The summed E-state index contributed by atoms with van der Waals surface area (Å²) >= 11 is 4.99. The maximum atomic E-state index is 12.5. The SMILES string of the molecule is CCc1nc(C(C)NC(=O)C(C)(N)c2ccc(Br)cc2)cs1.Cl.Cl. The molecule has 2 aromatic rings. The number of carbonyl (C=O) groups excluding carboxylic acids is 1. The van der Waals surface area contributed by atoms with Gasteiger partial charge in [-0.05, 0) is 38.0 Å². The van der Waals surface area contributed by atoms with Gasteiger partial charge in [-0.15, -0.1) is 36.2 Å². The second-order valence-electron chi connectivity index (χ2n) is 5.42. The van der Waals surface area contributed by atoms with Crippen molar-refractivity contribution >= 4 is 58.0 Å². The van der Waals surface area contributed by atoms with Crippen molar-refractivity contribution < 1.29 is 4.79 Å². The summed E-state index contributed by atoms with van der Waals surface area (Å²) < 4.78 is 0.954. The summed E-state index contributed by atoms with van der Waals surface area (Å²) in [6, 6.07) is 7.30. The lowest BCUT2D eigenvalue weighted by Gasteiger charge is -2.26. The molecule has 2 unspecified atom stereocenters. The van der Waals surface area contributed by atoms with Gasteiger partial charge in [-0.1, -0.05) is 35.0 Å². The van der Waals surface area contributed by atoms with Gasteiger partial charge < -0.3 is 11.1 Å². The van der Waals surface area contributed by atoms with Gasteiger partial charge in [0.15, 0.2) is 0 Å². The number of halogens is 3. The van der Waals surface area contributed by atoms with Gasteiger partial charge >= 0.3 is 0 Å². The zero-order valence-corrected chi connectivity index (χ0v) is 17.7. The molecule has 8 heteroatoms. The van der Waals surface area contributed by atoms with Crippen LogP contribution in [0.2, 0.25) is 0 Å². The van der Waals surface area contributed by atoms with E-state index in [4.69, 9.17) is 5.73 Å². The van der Waals surface area contributed by atoms with Gasteiger partial charge in [0.2, 0.25) is 5.91 Å². The maximum absolute atomic E-state index is 12.5. The molecular formula is C16H22BrCl2N3OS. The molecular weight excluding hydrogens is 433 g/mol. The Bertz CT molecular complexity index is 662. The van der Waals surface area contributed by atoms with Crippen LogP contribution >= 0.6 is 52.1 Å². The third-order valence-electron chi connectivity index (χ3n) is 3.58. The minimum Gasteiger partial charge on any atom is -0.346 e. The summed E-state index contributed by atoms with van der Waals surface area (Å²) in [6.07, 6.45) is 0.902. The highest BCUT2D eigenvalue weighted by Gasteiger charge is 2.31. The molecule has 0 aliphatic rings. The average Bonchev–Trinajstić information content (AvgIpc) is 2.96. The topological polar surface area (TPSA) is 68.0 Å². The normalized spacial score (nSPS) is 13.9. The first-order valence-corrected chi connectivity index (χ1v) is 8.82. The minimum atomic E-state index is -1.08. The van der Waals surface area contributed by atoms with Crippen molar-refractivity contribution in [1.82, 2.24) is 10.3 Å². The maximum Gasteiger partial charge on any atom is 0.244 e. The Labute approximate surface area is 167 Å². The van der Waals surface area contributed by atoms with Crippen LogP contribution in [-0.2, 0) is 16.8 Å². The highest BCUT2D eigenvalue weighted by Crippen LogP contribution is 2.23. The van der Waals surface area contributed by atoms with Gasteiger partial charge in [0.25, 0.3) is 0 Å². The number of hydrogen-bond donors (Lipinski definition) is 2. The molecule has 0 spiro atoms. The van der Waals surface area contributed by atoms with Crippen LogP contribution in [0.5, 0.6) is 0 Å². The van der Waals surface area contributed by atoms with E-state index in [0.29, 0.717) is 0 Å². The molecule has 1 heterocycles. The molecule has 0 fully saturated rings. The molecule has 0 bridgehead atoms. The second-order valence-corrected chi connectivity index (χ2v) is 7.28. The molecule has 0 saturated heterocycles. The fraction of sp³-hybridized carbons (Fsp3) is 0.375. The zero-order valence-electron chi connectivity index (χ0n) is 13.7. The van der Waals surface area contributed by atoms with Crippen molar-refractivity contribution in [2.75, 3.05) is 0 Å². The van der Waals surface area contributed by atoms with E-state index in [-0.39, 0.29) is 36.8 Å². The number of hydrogen-bond acceptors (Lipinski definition) is 4. The Hall–Kier alpha value is -0.660. The van der Waals surface area contributed by atoms with Gasteiger partial charge in [0, 0.05) is 9.85 Å². The fourth-order valence-corrected chi connectivity index (χ4v) is 3.14. The molecule has 24 heavy (non-hydrogen) atoms. The fourth-order valence-electron chi connectivity index (χ4n) is 2.03. The van der Waals surface area contributed by atoms with Crippen LogP contribution in [0.1, 0.15) is 43.1 Å². The van der Waals surface area contributed by atoms with Crippen molar-refractivity contribution in [1.29, 1.82) is 0 Å². The van der Waals surface area contributed by atoms with E-state index >= 15 is 0 Å². The number of nitrogens with two attached hydrogens (primary N) is 1. The smallest absolute Gasteiger partial charge is 0.244 e. The van der Waals surface area contributed by atoms with E-state index in [0.717, 1.165) is 27.2 Å². The van der Waals surface area contributed by atoms with Crippen LogP contribution in [0, 0.1) is 0 Å². The highest BCUT2D eigenvalue weighted by atomic mass is 79.9. The van der Waals surface area contributed by atoms with E-state index in [9.17, 15) is 4.79 Å². The van der Waals surface area contributed by atoms with E-state index in [1.165, 1.54) is 0 Å². The largest absolute Gasteiger partial charge is 0.346 e. The van der Waals surface area contributed by atoms with Crippen molar-refractivity contribution in [3.63, 3.8) is 0 Å². The molecule has 1 aromatic carbocycles. The summed E-state index contributed by atoms with van der Waals surface area (Å²) in [5.41, 5.74) is 6.81. The number of carbonyl (C=O) groups is 1. The Morgan fingerprint density at radius 3 is 2.46 bits per heavy atom. The molecule has 0 saturated carbocycles. The molecule has 2 rings (SSSR count). The molecule has 1 amide bonds. The van der Waals surface area contributed by atoms with E-state index in [1.807, 2.05) is 36.6 Å². The number of thiazole rings is 1. The number of aryl methyl sites for hydroxylation is 1. The molecule has 0 aliphatic heterocycles. The minimum absolute atomic E-state index is 0. The predicted molar refractivity (Wildman–Crippen MR) is 108 cm³/mol. The number of amides is 1. The molecule has 3 N–H and O–H groups in total. The number of benzene rings is 1. The summed E-state index contributed by atoms with van der Waals surface area (Å²) in [5.74, 6) is -0.214. The van der Waals surface area contributed by atoms with Gasteiger partial charge in [-0.25, -0.2) is 4.98 Å². The van der Waals surface area contributed by atoms with Crippen LogP contribution in [0.4, 0.5) is 0 Å². The van der Waals surface area contributed by atoms with Crippen molar-refractivity contribution in [3.8, 4) is 0 Å². The lowest BCUT2D eigenvalue weighted by molar-refractivity contribution is -0.126. The monoisotopic (exact) mass is 453 g/mol. The summed E-state index contributed by atoms with van der Waals surface area (Å²) in [5, 5.41) is 6.01. The number of aromatic nitrogens is 1. The first-order valence-electron chi connectivity index (χ1n) is 7.14. The average molecular weight is 455 g/mol. The third kappa shape index (κ3) is 5.43. The van der Waals surface area contributed by atoms with Crippen LogP contribution in [-0.4, -0.2) is 10.9 Å². The molecule has 2 atom stereocenters. The molecule has 1 aromatic heterocycles. The van der Waals surface area contributed by atoms with Crippen LogP contribution < -0.4 is 11.1 Å². The van der Waals surface area contributed by atoms with Gasteiger partial charge in [0.05, 0.1) is 16.7 Å². The van der Waals surface area contributed by atoms with Crippen molar-refractivity contribution in [2.45, 2.75) is 38.8 Å². The van der Waals surface area contributed by atoms with E-state index in [1.54, 1.807) is 18.3 Å². The Morgan fingerprint density at radius 2 is 1.96 bits per heavy atom. The summed E-state index contributed by atoms with van der Waals surface area (Å²) in [7, 11) is 0. The van der Waals surface area contributed by atoms with Crippen molar-refractivity contribution in [3.05, 3.63) is 50.4 Å². The van der Waals surface area contributed by atoms with Gasteiger partial charge in [0.1, 0.15) is 5.54 Å². The summed E-state index contributed by atoms with van der Waals surface area (Å²) in [4.78, 5) is 17.0. The molecule has 0 radical (unpaired) electrons. The quantitative estimate of drug-likeness (QED) is 0.704. The van der Waals surface area contributed by atoms with E-state index < -0.39 is 5.54 Å². The standard InChI is InChI=1S/C16H20BrN3OS.2ClH/c1-4-14-20-13(9-22-14)10(2)19-15(21)16(3,18)11-5-7-12(17)8-6-11;;/h5-10H,4,18H2,1-3H3,(H,19,21);2*1H. The van der Waals surface area contributed by atoms with Crippen LogP contribution in [0.3, 0.4) is 0 Å². The van der Waals surface area contributed by atoms with Crippen LogP contribution in [0.15, 0.2) is 34.1 Å². The Balaban J connectivity index is 0.00000264. The lowest BCUT2D eigenvalue weighted by Crippen LogP contribution is -2.49. The molecule has 134 valence electrons. The lowest BCUT2D eigenvalue weighted by atomic mass is 9.92. The Kier molecular flexibility index (Phi) is 9.46. The van der Waals surface area contributed by atoms with E-state index in [2.05, 4.69) is 33.2 Å². The zero-order chi connectivity index (χ0) is 16.3. The Morgan fingerprint density at radius 1 is 1.38 bits per heavy atom. The second kappa shape index (κ2) is 9.73. The first kappa shape index (κ1) is 23.3. The number of rotatable bonds is 5. The number of nitrogens with zero attached hydrogens (tertiary/aromatic N) is 1. The predicted octanol–water partition coefficient (Wildman–Crippen LogP) is 4.36.